The van der Waals surface area contributed by atoms with Crippen LogP contribution in [0.15, 0.2) is 35.2 Å². The largest absolute Gasteiger partial charge is 0.394 e. The molecule has 32 heavy (non-hydrogen) atoms. The average Bonchev–Trinajstić information content (AvgIpc) is 3.17. The van der Waals surface area contributed by atoms with Crippen molar-refractivity contribution < 1.29 is 9.32 Å². The molecule has 3 heterocycles. The summed E-state index contributed by atoms with van der Waals surface area (Å²) in [5, 5.41) is 24.3. The maximum absolute atomic E-state index is 12.8. The van der Waals surface area contributed by atoms with Crippen LogP contribution in [0, 0.1) is 11.3 Å². The molecule has 3 aliphatic rings. The number of nitrogens with one attached hydrogen (secondary N) is 1. The number of aliphatic hydroxyl groups is 1. The van der Waals surface area contributed by atoms with E-state index in [1.54, 1.807) is 0 Å². The molecule has 0 amide bonds. The Hall–Kier alpha value is -2.40. The van der Waals surface area contributed by atoms with Crippen molar-refractivity contribution in [3.63, 3.8) is 0 Å². The quantitative estimate of drug-likeness (QED) is 0.692. The second-order valence-corrected chi connectivity index (χ2v) is 10.7. The molecular formula is C24H25ClN4O2S. The van der Waals surface area contributed by atoms with E-state index in [1.165, 1.54) is 5.57 Å². The molecule has 1 saturated carbocycles. The molecule has 6 nitrogen and oxygen atoms in total. The van der Waals surface area contributed by atoms with Gasteiger partial charge in [-0.15, -0.1) is 0 Å². The molecule has 1 atom stereocenters. The fourth-order valence-corrected chi connectivity index (χ4v) is 6.24. The fraction of sp³-hybridized carbons (Fsp3) is 0.417. The van der Waals surface area contributed by atoms with Crippen molar-refractivity contribution in [3.05, 3.63) is 52.2 Å². The fourth-order valence-electron chi connectivity index (χ4n) is 4.74. The first kappa shape index (κ1) is 21.4. The smallest absolute Gasteiger partial charge is 0.149 e. The van der Waals surface area contributed by atoms with Crippen molar-refractivity contribution in [2.24, 2.45) is 0 Å². The minimum Gasteiger partial charge on any atom is -0.394 e. The molecule has 1 aromatic heterocycles. The Morgan fingerprint density at radius 2 is 2.06 bits per heavy atom. The van der Waals surface area contributed by atoms with Crippen molar-refractivity contribution in [1.29, 1.82) is 5.26 Å². The van der Waals surface area contributed by atoms with Crippen LogP contribution in [0.5, 0.6) is 0 Å². The Balaban J connectivity index is 1.51. The van der Waals surface area contributed by atoms with Gasteiger partial charge in [-0.25, -0.2) is 4.98 Å². The van der Waals surface area contributed by atoms with Crippen LogP contribution in [0.3, 0.4) is 0 Å². The van der Waals surface area contributed by atoms with Gasteiger partial charge >= 0.3 is 0 Å². The van der Waals surface area contributed by atoms with Gasteiger partial charge < -0.3 is 15.3 Å². The molecule has 2 aliphatic heterocycles. The SMILES string of the molecule is N#Cc1c(N2CC=C(c3ccc(Cl)cc3)CC2)nc2c(c1NC1(CO)CCC1)[S@@](=O)CC2. The first-order chi connectivity index (χ1) is 15.5. The normalized spacial score (nSPS) is 21.3. The van der Waals surface area contributed by atoms with Gasteiger partial charge in [0, 0.05) is 30.3 Å². The number of rotatable bonds is 5. The zero-order chi connectivity index (χ0) is 22.3. The number of nitriles is 1. The first-order valence-corrected chi connectivity index (χ1v) is 12.7. The van der Waals surface area contributed by atoms with Crippen molar-refractivity contribution in [2.75, 3.05) is 35.7 Å². The predicted octanol–water partition coefficient (Wildman–Crippen LogP) is 3.89. The van der Waals surface area contributed by atoms with E-state index in [1.807, 2.05) is 24.3 Å². The minimum atomic E-state index is -1.18. The molecule has 5 rings (SSSR count). The van der Waals surface area contributed by atoms with Gasteiger partial charge in [-0.2, -0.15) is 5.26 Å². The van der Waals surface area contributed by atoms with E-state index in [9.17, 15) is 14.6 Å². The Labute approximate surface area is 195 Å². The molecular weight excluding hydrogens is 444 g/mol. The maximum atomic E-state index is 12.8. The number of benzene rings is 1. The van der Waals surface area contributed by atoms with Crippen LogP contribution in [-0.2, 0) is 17.2 Å². The summed E-state index contributed by atoms with van der Waals surface area (Å²) in [6.45, 7) is 1.38. The number of aliphatic hydroxyl groups excluding tert-OH is 1. The lowest BCUT2D eigenvalue weighted by molar-refractivity contribution is 0.144. The highest BCUT2D eigenvalue weighted by Crippen LogP contribution is 2.42. The Morgan fingerprint density at radius 3 is 2.66 bits per heavy atom. The molecule has 2 aromatic rings. The van der Waals surface area contributed by atoms with Crippen molar-refractivity contribution in [2.45, 2.75) is 42.5 Å². The molecule has 1 aliphatic carbocycles. The molecule has 2 N–H and O–H groups in total. The van der Waals surface area contributed by atoms with Crippen LogP contribution < -0.4 is 10.2 Å². The summed E-state index contributed by atoms with van der Waals surface area (Å²) >= 11 is 6.02. The maximum Gasteiger partial charge on any atom is 0.149 e. The molecule has 0 unspecified atom stereocenters. The van der Waals surface area contributed by atoms with Crippen LogP contribution in [0.4, 0.5) is 11.5 Å². The van der Waals surface area contributed by atoms with Crippen molar-refractivity contribution in [1.82, 2.24) is 4.98 Å². The second-order valence-electron chi connectivity index (χ2n) is 8.72. The third-order valence-electron chi connectivity index (χ3n) is 6.79. The molecule has 0 radical (unpaired) electrons. The topological polar surface area (TPSA) is 89.2 Å². The monoisotopic (exact) mass is 468 g/mol. The highest BCUT2D eigenvalue weighted by atomic mass is 35.5. The van der Waals surface area contributed by atoms with Gasteiger partial charge in [0.25, 0.3) is 0 Å². The van der Waals surface area contributed by atoms with Gasteiger partial charge in [-0.1, -0.05) is 29.8 Å². The van der Waals surface area contributed by atoms with Crippen molar-refractivity contribution in [3.8, 4) is 6.07 Å². The van der Waals surface area contributed by atoms with Gasteiger partial charge in [0.15, 0.2) is 0 Å². The molecule has 0 spiro atoms. The number of fused-ring (bicyclic) bond motifs is 1. The van der Waals surface area contributed by atoms with E-state index in [4.69, 9.17) is 16.6 Å². The summed E-state index contributed by atoms with van der Waals surface area (Å²) in [5.74, 6) is 1.17. The van der Waals surface area contributed by atoms with Crippen molar-refractivity contribution >= 4 is 39.5 Å². The van der Waals surface area contributed by atoms with E-state index in [0.717, 1.165) is 48.5 Å². The zero-order valence-electron chi connectivity index (χ0n) is 17.7. The standard InChI is InChI=1S/C24H25ClN4O2S/c25-18-4-2-16(3-5-18)17-6-11-29(12-7-17)23-19(14-26)21(28-24(15-30)9-1-10-24)22-20(27-23)8-13-32(22)31/h2-6,30H,1,7-13,15H2,(H,27,28)/t32-/m0/s1. The Morgan fingerprint density at radius 1 is 1.28 bits per heavy atom. The second kappa shape index (κ2) is 8.51. The van der Waals surface area contributed by atoms with Crippen LogP contribution in [0.1, 0.15) is 42.5 Å². The number of aromatic nitrogens is 1. The van der Waals surface area contributed by atoms with E-state index in [-0.39, 0.29) is 6.61 Å². The summed E-state index contributed by atoms with van der Waals surface area (Å²) in [6, 6.07) is 10.2. The van der Waals surface area contributed by atoms with Gasteiger partial charge in [-0.05, 0) is 49.0 Å². The lowest BCUT2D eigenvalue weighted by Crippen LogP contribution is -2.48. The minimum absolute atomic E-state index is 0.00611. The number of nitrogens with zero attached hydrogens (tertiary/aromatic N) is 3. The molecule has 166 valence electrons. The molecule has 8 heteroatoms. The Bertz CT molecular complexity index is 1150. The van der Waals surface area contributed by atoms with Gasteiger partial charge in [-0.3, -0.25) is 4.21 Å². The molecule has 0 bridgehead atoms. The van der Waals surface area contributed by atoms with Crippen LogP contribution >= 0.6 is 11.6 Å². The third kappa shape index (κ3) is 3.71. The summed E-state index contributed by atoms with van der Waals surface area (Å²) in [4.78, 5) is 7.60. The number of halogens is 1. The predicted molar refractivity (Wildman–Crippen MR) is 127 cm³/mol. The van der Waals surface area contributed by atoms with Crippen LogP contribution in [0.2, 0.25) is 5.02 Å². The summed E-state index contributed by atoms with van der Waals surface area (Å²) in [7, 11) is -1.18. The molecule has 1 aromatic carbocycles. The van der Waals surface area contributed by atoms with E-state index >= 15 is 0 Å². The summed E-state index contributed by atoms with van der Waals surface area (Å²) < 4.78 is 12.8. The molecule has 1 fully saturated rings. The lowest BCUT2D eigenvalue weighted by Gasteiger charge is -2.42. The average molecular weight is 469 g/mol. The van der Waals surface area contributed by atoms with Gasteiger partial charge in [0.2, 0.25) is 0 Å². The van der Waals surface area contributed by atoms with E-state index in [2.05, 4.69) is 22.4 Å². The number of hydrogen-bond acceptors (Lipinski definition) is 6. The lowest BCUT2D eigenvalue weighted by atomic mass is 9.77. The Kier molecular flexibility index (Phi) is 5.70. The zero-order valence-corrected chi connectivity index (χ0v) is 19.3. The van der Waals surface area contributed by atoms with E-state index < -0.39 is 16.3 Å². The summed E-state index contributed by atoms with van der Waals surface area (Å²) in [5.41, 5.74) is 3.83. The highest BCUT2D eigenvalue weighted by molar-refractivity contribution is 7.85. The summed E-state index contributed by atoms with van der Waals surface area (Å²) in [6.07, 6.45) is 6.36. The van der Waals surface area contributed by atoms with Crippen LogP contribution in [0.25, 0.3) is 5.57 Å². The van der Waals surface area contributed by atoms with Gasteiger partial charge in [0.1, 0.15) is 17.5 Å². The number of anilines is 2. The van der Waals surface area contributed by atoms with Gasteiger partial charge in [0.05, 0.1) is 39.2 Å². The van der Waals surface area contributed by atoms with E-state index in [0.29, 0.717) is 40.7 Å². The number of pyridine rings is 1. The number of aryl methyl sites for hydroxylation is 1. The molecule has 0 saturated heterocycles. The third-order valence-corrected chi connectivity index (χ3v) is 8.52. The first-order valence-electron chi connectivity index (χ1n) is 11.0. The number of hydrogen-bond donors (Lipinski definition) is 2. The van der Waals surface area contributed by atoms with Crippen LogP contribution in [-0.4, -0.2) is 45.3 Å². The highest BCUT2D eigenvalue weighted by Gasteiger charge is 2.40.